The Bertz CT molecular complexity index is 826. The number of nitrogens with two attached hydrogens (primary N) is 1. The quantitative estimate of drug-likeness (QED) is 0.555. The van der Waals surface area contributed by atoms with Crippen molar-refractivity contribution >= 4 is 51.6 Å². The normalized spacial score (nSPS) is 10.6. The summed E-state index contributed by atoms with van der Waals surface area (Å²) in [6.45, 7) is 3.88. The fourth-order valence-electron chi connectivity index (χ4n) is 2.38. The van der Waals surface area contributed by atoms with Crippen LogP contribution in [-0.4, -0.2) is 16.9 Å². The van der Waals surface area contributed by atoms with Gasteiger partial charge in [0.1, 0.15) is 5.00 Å². The van der Waals surface area contributed by atoms with Gasteiger partial charge >= 0.3 is 0 Å². The van der Waals surface area contributed by atoms with Gasteiger partial charge in [-0.1, -0.05) is 37.3 Å². The molecule has 0 fully saturated rings. The highest BCUT2D eigenvalue weighted by Gasteiger charge is 2.19. The Balaban J connectivity index is 2.04. The van der Waals surface area contributed by atoms with Gasteiger partial charge in [-0.15, -0.1) is 11.3 Å². The first-order valence-corrected chi connectivity index (χ1v) is 8.92. The van der Waals surface area contributed by atoms with Gasteiger partial charge in [0, 0.05) is 11.0 Å². The Morgan fingerprint density at radius 3 is 2.56 bits per heavy atom. The van der Waals surface area contributed by atoms with E-state index in [1.807, 2.05) is 44.2 Å². The first kappa shape index (κ1) is 18.8. The van der Waals surface area contributed by atoms with Gasteiger partial charge in [0.25, 0.3) is 5.91 Å². The third kappa shape index (κ3) is 4.98. The van der Waals surface area contributed by atoms with Crippen LogP contribution in [0.25, 0.3) is 6.08 Å². The van der Waals surface area contributed by atoms with Gasteiger partial charge in [0.05, 0.1) is 5.56 Å². The molecule has 1 aromatic carbocycles. The molecule has 0 saturated carbocycles. The lowest BCUT2D eigenvalue weighted by molar-refractivity contribution is -0.115. The maximum atomic E-state index is 12.0. The summed E-state index contributed by atoms with van der Waals surface area (Å²) < 4.78 is 0. The van der Waals surface area contributed by atoms with E-state index in [1.165, 1.54) is 17.4 Å². The van der Waals surface area contributed by atoms with Crippen molar-refractivity contribution in [1.29, 1.82) is 0 Å². The van der Waals surface area contributed by atoms with E-state index in [0.29, 0.717) is 17.0 Å². The van der Waals surface area contributed by atoms with Crippen LogP contribution in [0.5, 0.6) is 0 Å². The topological polar surface area (TPSA) is 84.2 Å². The SMILES string of the molecule is CCc1c(C)sc(NC(=S)NC(=O)C=Cc2ccccc2)c1C(N)=O. The van der Waals surface area contributed by atoms with Crippen LogP contribution in [0.2, 0.25) is 0 Å². The van der Waals surface area contributed by atoms with Crippen molar-refractivity contribution < 1.29 is 9.59 Å². The first-order chi connectivity index (χ1) is 11.9. The fraction of sp³-hybridized carbons (Fsp3) is 0.167. The number of thiocarbonyl (C=S) groups is 1. The molecule has 0 aliphatic rings. The van der Waals surface area contributed by atoms with Crippen molar-refractivity contribution in [2.24, 2.45) is 5.73 Å². The molecule has 1 aromatic heterocycles. The number of carbonyl (C=O) groups is 2. The number of nitrogens with one attached hydrogen (secondary N) is 2. The molecular weight excluding hydrogens is 354 g/mol. The minimum atomic E-state index is -0.512. The number of rotatable bonds is 5. The van der Waals surface area contributed by atoms with Crippen LogP contribution in [0.1, 0.15) is 33.3 Å². The molecule has 1 heterocycles. The first-order valence-electron chi connectivity index (χ1n) is 7.69. The second-order valence-corrected chi connectivity index (χ2v) is 6.88. The maximum absolute atomic E-state index is 12.0. The summed E-state index contributed by atoms with van der Waals surface area (Å²) in [6, 6.07) is 9.46. The van der Waals surface area contributed by atoms with Crippen LogP contribution in [0.15, 0.2) is 36.4 Å². The number of thiophene rings is 1. The highest BCUT2D eigenvalue weighted by atomic mass is 32.1. The highest BCUT2D eigenvalue weighted by molar-refractivity contribution is 7.80. The summed E-state index contributed by atoms with van der Waals surface area (Å²) in [4.78, 5) is 24.7. The molecule has 0 aliphatic carbocycles. The van der Waals surface area contributed by atoms with Gasteiger partial charge in [0.2, 0.25) is 5.91 Å². The Labute approximate surface area is 155 Å². The molecule has 25 heavy (non-hydrogen) atoms. The van der Waals surface area contributed by atoms with Crippen molar-refractivity contribution in [1.82, 2.24) is 5.32 Å². The summed E-state index contributed by atoms with van der Waals surface area (Å²) >= 11 is 6.55. The molecule has 5 nitrogen and oxygen atoms in total. The molecule has 2 amide bonds. The zero-order valence-corrected chi connectivity index (χ0v) is 15.6. The van der Waals surface area contributed by atoms with Gasteiger partial charge in [-0.05, 0) is 42.8 Å². The van der Waals surface area contributed by atoms with Gasteiger partial charge < -0.3 is 11.1 Å². The molecule has 0 aliphatic heterocycles. The Morgan fingerprint density at radius 1 is 1.28 bits per heavy atom. The summed E-state index contributed by atoms with van der Waals surface area (Å²) in [6.07, 6.45) is 3.79. The molecule has 0 atom stereocenters. The van der Waals surface area contributed by atoms with Crippen molar-refractivity contribution in [2.45, 2.75) is 20.3 Å². The lowest BCUT2D eigenvalue weighted by Crippen LogP contribution is -2.33. The number of anilines is 1. The molecule has 130 valence electrons. The maximum Gasteiger partial charge on any atom is 0.251 e. The molecule has 7 heteroatoms. The minimum absolute atomic E-state index is 0.120. The number of hydrogen-bond donors (Lipinski definition) is 3. The second-order valence-electron chi connectivity index (χ2n) is 5.25. The zero-order chi connectivity index (χ0) is 18.4. The zero-order valence-electron chi connectivity index (χ0n) is 14.0. The summed E-state index contributed by atoms with van der Waals surface area (Å²) in [5.74, 6) is -0.868. The summed E-state index contributed by atoms with van der Waals surface area (Å²) in [5, 5.41) is 6.13. The second kappa shape index (κ2) is 8.55. The van der Waals surface area contributed by atoms with Gasteiger partial charge in [-0.2, -0.15) is 0 Å². The average molecular weight is 374 g/mol. The van der Waals surface area contributed by atoms with E-state index in [-0.39, 0.29) is 11.0 Å². The molecular formula is C18H19N3O2S2. The number of aryl methyl sites for hydroxylation is 1. The van der Waals surface area contributed by atoms with E-state index in [0.717, 1.165) is 16.0 Å². The van der Waals surface area contributed by atoms with Gasteiger partial charge in [0.15, 0.2) is 5.11 Å². The van der Waals surface area contributed by atoms with Crippen molar-refractivity contribution in [2.75, 3.05) is 5.32 Å². The predicted molar refractivity (Wildman–Crippen MR) is 107 cm³/mol. The molecule has 2 aromatic rings. The van der Waals surface area contributed by atoms with E-state index in [9.17, 15) is 9.59 Å². The highest BCUT2D eigenvalue weighted by Crippen LogP contribution is 2.33. The molecule has 0 saturated heterocycles. The van der Waals surface area contributed by atoms with Crippen LogP contribution >= 0.6 is 23.6 Å². The van der Waals surface area contributed by atoms with Crippen LogP contribution < -0.4 is 16.4 Å². The van der Waals surface area contributed by atoms with E-state index in [1.54, 1.807) is 6.08 Å². The van der Waals surface area contributed by atoms with Gasteiger partial charge in [-0.25, -0.2) is 0 Å². The Hall–Kier alpha value is -2.51. The molecule has 0 spiro atoms. The molecule has 0 radical (unpaired) electrons. The molecule has 0 unspecified atom stereocenters. The van der Waals surface area contributed by atoms with Crippen LogP contribution in [-0.2, 0) is 11.2 Å². The van der Waals surface area contributed by atoms with E-state index >= 15 is 0 Å². The fourth-order valence-corrected chi connectivity index (χ4v) is 3.80. The summed E-state index contributed by atoms with van der Waals surface area (Å²) in [7, 11) is 0. The van der Waals surface area contributed by atoms with Crippen molar-refractivity contribution in [3.8, 4) is 0 Å². The van der Waals surface area contributed by atoms with Crippen LogP contribution in [0, 0.1) is 6.92 Å². The van der Waals surface area contributed by atoms with E-state index < -0.39 is 5.91 Å². The third-order valence-electron chi connectivity index (χ3n) is 3.50. The standard InChI is InChI=1S/C18H19N3O2S2/c1-3-13-11(2)25-17(15(13)16(19)23)21-18(24)20-14(22)10-9-12-7-5-4-6-8-12/h4-10H,3H2,1-2H3,(H2,19,23)(H2,20,21,22,24). The monoisotopic (exact) mass is 373 g/mol. The van der Waals surface area contributed by atoms with E-state index in [2.05, 4.69) is 10.6 Å². The summed E-state index contributed by atoms with van der Waals surface area (Å²) in [5.41, 5.74) is 7.72. The number of hydrogen-bond acceptors (Lipinski definition) is 4. The smallest absolute Gasteiger partial charge is 0.251 e. The lowest BCUT2D eigenvalue weighted by atomic mass is 10.1. The number of benzene rings is 1. The minimum Gasteiger partial charge on any atom is -0.365 e. The van der Waals surface area contributed by atoms with Crippen LogP contribution in [0.4, 0.5) is 5.00 Å². The largest absolute Gasteiger partial charge is 0.365 e. The Morgan fingerprint density at radius 2 is 1.96 bits per heavy atom. The van der Waals surface area contributed by atoms with Gasteiger partial charge in [-0.3, -0.25) is 14.9 Å². The molecule has 4 N–H and O–H groups in total. The predicted octanol–water partition coefficient (Wildman–Crippen LogP) is 3.24. The number of primary amides is 1. The third-order valence-corrected chi connectivity index (χ3v) is 4.77. The average Bonchev–Trinajstić information content (AvgIpc) is 2.89. The van der Waals surface area contributed by atoms with E-state index in [4.69, 9.17) is 18.0 Å². The lowest BCUT2D eigenvalue weighted by Gasteiger charge is -2.08. The van der Waals surface area contributed by atoms with Crippen molar-refractivity contribution in [3.05, 3.63) is 58.0 Å². The van der Waals surface area contributed by atoms with Crippen LogP contribution in [0.3, 0.4) is 0 Å². The molecule has 2 rings (SSSR count). The van der Waals surface area contributed by atoms with Crippen molar-refractivity contribution in [3.63, 3.8) is 0 Å². The molecule has 0 bridgehead atoms. The Kier molecular flexibility index (Phi) is 6.44. The number of carbonyl (C=O) groups excluding carboxylic acids is 2. The number of amides is 2.